The van der Waals surface area contributed by atoms with Crippen molar-refractivity contribution in [3.63, 3.8) is 0 Å². The average Bonchev–Trinajstić information content (AvgIpc) is 3.25. The van der Waals surface area contributed by atoms with Crippen molar-refractivity contribution in [3.05, 3.63) is 17.5 Å². The molecule has 25 heavy (non-hydrogen) atoms. The molecule has 3 heterocycles. The van der Waals surface area contributed by atoms with Gasteiger partial charge in [0.15, 0.2) is 0 Å². The molecule has 2 amide bonds. The van der Waals surface area contributed by atoms with Gasteiger partial charge in [-0.3, -0.25) is 9.58 Å². The van der Waals surface area contributed by atoms with Crippen molar-refractivity contribution < 1.29 is 9.90 Å². The van der Waals surface area contributed by atoms with Crippen LogP contribution in [0.4, 0.5) is 4.79 Å². The molecule has 2 aliphatic rings. The molecule has 0 spiro atoms. The van der Waals surface area contributed by atoms with Crippen LogP contribution in [0.2, 0.25) is 0 Å². The van der Waals surface area contributed by atoms with Crippen molar-refractivity contribution in [2.24, 2.45) is 5.92 Å². The summed E-state index contributed by atoms with van der Waals surface area (Å²) < 4.78 is 2.01. The van der Waals surface area contributed by atoms with Crippen LogP contribution in [0.15, 0.2) is 6.20 Å². The van der Waals surface area contributed by atoms with E-state index in [1.165, 1.54) is 11.3 Å². The molecule has 140 valence electrons. The number of nitrogens with one attached hydrogen (secondary N) is 1. The van der Waals surface area contributed by atoms with Crippen LogP contribution in [0.5, 0.6) is 0 Å². The first kappa shape index (κ1) is 18.2. The van der Waals surface area contributed by atoms with E-state index in [9.17, 15) is 9.90 Å². The number of hydrogen-bond acceptors (Lipinski definition) is 4. The molecule has 0 saturated carbocycles. The van der Waals surface area contributed by atoms with Crippen LogP contribution in [-0.4, -0.2) is 69.5 Å². The van der Waals surface area contributed by atoms with Crippen LogP contribution in [0.3, 0.4) is 0 Å². The predicted octanol–water partition coefficient (Wildman–Crippen LogP) is 1.20. The molecule has 2 aliphatic heterocycles. The van der Waals surface area contributed by atoms with Crippen LogP contribution >= 0.6 is 0 Å². The Kier molecular flexibility index (Phi) is 5.96. The Morgan fingerprint density at radius 3 is 2.76 bits per heavy atom. The smallest absolute Gasteiger partial charge is 0.317 e. The Morgan fingerprint density at radius 2 is 2.12 bits per heavy atom. The molecule has 7 nitrogen and oxygen atoms in total. The van der Waals surface area contributed by atoms with Crippen LogP contribution in [0.25, 0.3) is 0 Å². The summed E-state index contributed by atoms with van der Waals surface area (Å²) in [6, 6.07) is 0.0229. The minimum absolute atomic E-state index is 0.0229. The number of piperidine rings is 1. The molecule has 0 unspecified atom stereocenters. The van der Waals surface area contributed by atoms with E-state index >= 15 is 0 Å². The minimum Gasteiger partial charge on any atom is -0.391 e. The van der Waals surface area contributed by atoms with Gasteiger partial charge < -0.3 is 15.3 Å². The van der Waals surface area contributed by atoms with Gasteiger partial charge in [-0.25, -0.2) is 4.79 Å². The molecule has 0 aromatic carbocycles. The number of carbonyl (C=O) groups excluding carboxylic acids is 1. The van der Waals surface area contributed by atoms with Crippen molar-refractivity contribution in [2.45, 2.75) is 52.3 Å². The first-order chi connectivity index (χ1) is 12.1. The van der Waals surface area contributed by atoms with Gasteiger partial charge in [0, 0.05) is 56.4 Å². The van der Waals surface area contributed by atoms with Crippen molar-refractivity contribution in [1.82, 2.24) is 24.9 Å². The molecule has 2 fully saturated rings. The van der Waals surface area contributed by atoms with E-state index in [0.717, 1.165) is 52.0 Å². The van der Waals surface area contributed by atoms with Gasteiger partial charge in [0.1, 0.15) is 0 Å². The molecule has 2 saturated heterocycles. The number of hydrogen-bond donors (Lipinski definition) is 2. The predicted molar refractivity (Wildman–Crippen MR) is 96.2 cm³/mol. The highest BCUT2D eigenvalue weighted by molar-refractivity contribution is 5.74. The lowest BCUT2D eigenvalue weighted by Crippen LogP contribution is -2.48. The highest BCUT2D eigenvalue weighted by Crippen LogP contribution is 2.20. The first-order valence-electron chi connectivity index (χ1n) is 9.53. The first-order valence-corrected chi connectivity index (χ1v) is 9.53. The van der Waals surface area contributed by atoms with E-state index in [0.29, 0.717) is 13.1 Å². The lowest BCUT2D eigenvalue weighted by atomic mass is 9.93. The number of aliphatic hydroxyl groups is 1. The SMILES string of the molecule is CCn1ncc(CN2CC[C@@H](CNC(=O)N3CCCC3)[C@H](O)C2)c1C. The molecular weight excluding hydrogens is 318 g/mol. The quantitative estimate of drug-likeness (QED) is 0.838. The Balaban J connectivity index is 1.45. The number of likely N-dealkylation sites (tertiary alicyclic amines) is 2. The lowest BCUT2D eigenvalue weighted by molar-refractivity contribution is 0.0194. The van der Waals surface area contributed by atoms with Crippen LogP contribution in [-0.2, 0) is 13.1 Å². The van der Waals surface area contributed by atoms with E-state index in [4.69, 9.17) is 0 Å². The zero-order valence-electron chi connectivity index (χ0n) is 15.4. The number of aliphatic hydroxyl groups excluding tert-OH is 1. The fourth-order valence-corrected chi connectivity index (χ4v) is 3.88. The normalized spacial score (nSPS) is 24.7. The maximum Gasteiger partial charge on any atom is 0.317 e. The molecule has 1 aromatic rings. The molecular formula is C18H31N5O2. The second-order valence-electron chi connectivity index (χ2n) is 7.30. The van der Waals surface area contributed by atoms with Gasteiger partial charge in [-0.15, -0.1) is 0 Å². The molecule has 0 aliphatic carbocycles. The van der Waals surface area contributed by atoms with E-state index in [1.54, 1.807) is 0 Å². The van der Waals surface area contributed by atoms with E-state index < -0.39 is 6.10 Å². The molecule has 3 rings (SSSR count). The number of amides is 2. The summed E-state index contributed by atoms with van der Waals surface area (Å²) in [5, 5.41) is 17.9. The number of aryl methyl sites for hydroxylation is 1. The summed E-state index contributed by atoms with van der Waals surface area (Å²) in [6.07, 6.45) is 4.65. The molecule has 7 heteroatoms. The van der Waals surface area contributed by atoms with Crippen molar-refractivity contribution in [3.8, 4) is 0 Å². The summed E-state index contributed by atoms with van der Waals surface area (Å²) in [4.78, 5) is 16.2. The van der Waals surface area contributed by atoms with Gasteiger partial charge in [0.2, 0.25) is 0 Å². The van der Waals surface area contributed by atoms with Gasteiger partial charge in [-0.1, -0.05) is 0 Å². The third-order valence-corrected chi connectivity index (χ3v) is 5.61. The second-order valence-corrected chi connectivity index (χ2v) is 7.30. The Bertz CT molecular complexity index is 582. The molecule has 0 bridgehead atoms. The van der Waals surface area contributed by atoms with Crippen molar-refractivity contribution >= 4 is 6.03 Å². The highest BCUT2D eigenvalue weighted by atomic mass is 16.3. The summed E-state index contributed by atoms with van der Waals surface area (Å²) in [6.45, 7) is 9.78. The van der Waals surface area contributed by atoms with Crippen LogP contribution in [0.1, 0.15) is 37.4 Å². The zero-order valence-corrected chi connectivity index (χ0v) is 15.4. The summed E-state index contributed by atoms with van der Waals surface area (Å²) in [5.41, 5.74) is 2.44. The van der Waals surface area contributed by atoms with Gasteiger partial charge in [-0.2, -0.15) is 5.10 Å². The molecule has 2 N–H and O–H groups in total. The molecule has 2 atom stereocenters. The van der Waals surface area contributed by atoms with E-state index in [1.807, 2.05) is 15.8 Å². The number of urea groups is 1. The van der Waals surface area contributed by atoms with Crippen molar-refractivity contribution in [2.75, 3.05) is 32.7 Å². The zero-order chi connectivity index (χ0) is 17.8. The summed E-state index contributed by atoms with van der Waals surface area (Å²) in [5.74, 6) is 0.141. The number of carbonyl (C=O) groups is 1. The van der Waals surface area contributed by atoms with Gasteiger partial charge >= 0.3 is 6.03 Å². The summed E-state index contributed by atoms with van der Waals surface area (Å²) in [7, 11) is 0. The number of aromatic nitrogens is 2. The monoisotopic (exact) mass is 349 g/mol. The number of nitrogens with zero attached hydrogens (tertiary/aromatic N) is 4. The van der Waals surface area contributed by atoms with Crippen molar-refractivity contribution in [1.29, 1.82) is 0 Å². The van der Waals surface area contributed by atoms with Crippen LogP contribution < -0.4 is 5.32 Å². The maximum atomic E-state index is 12.1. The maximum absolute atomic E-state index is 12.1. The Labute approximate surface area is 150 Å². The topological polar surface area (TPSA) is 73.6 Å². The standard InChI is InChI=1S/C18H31N5O2/c1-3-23-14(2)16(11-20-23)12-21-9-6-15(17(24)13-21)10-19-18(25)22-7-4-5-8-22/h11,15,17,24H,3-10,12-13H2,1-2H3,(H,19,25)/t15-,17+/m0/s1. The second kappa shape index (κ2) is 8.19. The Hall–Kier alpha value is -1.60. The molecule has 0 radical (unpaired) electrons. The lowest BCUT2D eigenvalue weighted by Gasteiger charge is -2.36. The largest absolute Gasteiger partial charge is 0.391 e. The Morgan fingerprint density at radius 1 is 1.36 bits per heavy atom. The van der Waals surface area contributed by atoms with E-state index in [-0.39, 0.29) is 11.9 Å². The number of rotatable bonds is 5. The fraction of sp³-hybridized carbons (Fsp3) is 0.778. The molecule has 1 aromatic heterocycles. The summed E-state index contributed by atoms with van der Waals surface area (Å²) >= 11 is 0. The average molecular weight is 349 g/mol. The van der Waals surface area contributed by atoms with Gasteiger partial charge in [-0.05, 0) is 39.7 Å². The minimum atomic E-state index is -0.394. The van der Waals surface area contributed by atoms with E-state index in [2.05, 4.69) is 29.2 Å². The fourth-order valence-electron chi connectivity index (χ4n) is 3.88. The van der Waals surface area contributed by atoms with Crippen LogP contribution in [0, 0.1) is 12.8 Å². The third kappa shape index (κ3) is 4.33. The van der Waals surface area contributed by atoms with Gasteiger partial charge in [0.25, 0.3) is 0 Å². The third-order valence-electron chi connectivity index (χ3n) is 5.61. The highest BCUT2D eigenvalue weighted by Gasteiger charge is 2.29. The number of β-amino-alcohol motifs (C(OH)–C–C–N with tert-alkyl or cyclic N) is 1. The van der Waals surface area contributed by atoms with Gasteiger partial charge in [0.05, 0.1) is 12.3 Å².